The van der Waals surface area contributed by atoms with Crippen LogP contribution in [0.3, 0.4) is 0 Å². The number of hydrogen-bond donors (Lipinski definition) is 1. The zero-order chi connectivity index (χ0) is 10.3. The van der Waals surface area contributed by atoms with Crippen LogP contribution >= 0.6 is 0 Å². The first kappa shape index (κ1) is 11.2. The van der Waals surface area contributed by atoms with E-state index in [1.807, 2.05) is 0 Å². The van der Waals surface area contributed by atoms with Crippen LogP contribution in [0.4, 0.5) is 0 Å². The molecule has 0 spiro atoms. The van der Waals surface area contributed by atoms with Crippen molar-refractivity contribution in [2.75, 3.05) is 32.7 Å². The minimum absolute atomic E-state index is 1.17. The number of nitrogens with zero attached hydrogens (tertiary/aromatic N) is 1. The van der Waals surface area contributed by atoms with Crippen molar-refractivity contribution in [3.63, 3.8) is 0 Å². The summed E-state index contributed by atoms with van der Waals surface area (Å²) in [5.74, 6) is 0. The molecule has 0 aromatic carbocycles. The molecular formula is C13H24N2. The van der Waals surface area contributed by atoms with E-state index in [0.29, 0.717) is 0 Å². The van der Waals surface area contributed by atoms with Gasteiger partial charge in [-0.05, 0) is 58.2 Å². The maximum Gasteiger partial charge on any atom is 0.0107 e. The summed E-state index contributed by atoms with van der Waals surface area (Å²) < 4.78 is 0. The lowest BCUT2D eigenvalue weighted by molar-refractivity contribution is 0.336. The molecule has 0 amide bonds. The third kappa shape index (κ3) is 3.96. The Morgan fingerprint density at radius 3 is 2.73 bits per heavy atom. The minimum Gasteiger partial charge on any atom is -0.315 e. The zero-order valence-corrected chi connectivity index (χ0v) is 9.80. The Labute approximate surface area is 93.7 Å². The van der Waals surface area contributed by atoms with Crippen LogP contribution in [0.25, 0.3) is 0 Å². The van der Waals surface area contributed by atoms with Gasteiger partial charge in [0, 0.05) is 13.1 Å². The molecule has 2 rings (SSSR count). The second-order valence-electron chi connectivity index (χ2n) is 4.80. The van der Waals surface area contributed by atoms with Crippen LogP contribution < -0.4 is 5.32 Å². The predicted molar refractivity (Wildman–Crippen MR) is 65.1 cm³/mol. The second kappa shape index (κ2) is 6.29. The molecule has 0 saturated carbocycles. The maximum atomic E-state index is 3.56. The van der Waals surface area contributed by atoms with E-state index in [0.717, 1.165) is 0 Å². The highest BCUT2D eigenvalue weighted by molar-refractivity contribution is 5.07. The van der Waals surface area contributed by atoms with E-state index in [4.69, 9.17) is 0 Å². The van der Waals surface area contributed by atoms with Gasteiger partial charge < -0.3 is 10.2 Å². The van der Waals surface area contributed by atoms with Gasteiger partial charge in [-0.3, -0.25) is 0 Å². The van der Waals surface area contributed by atoms with E-state index >= 15 is 0 Å². The lowest BCUT2D eigenvalue weighted by Crippen LogP contribution is -2.30. The van der Waals surface area contributed by atoms with E-state index in [1.54, 1.807) is 5.57 Å². The summed E-state index contributed by atoms with van der Waals surface area (Å²) in [6, 6.07) is 0. The lowest BCUT2D eigenvalue weighted by Gasteiger charge is -2.14. The van der Waals surface area contributed by atoms with Crippen LogP contribution in [0.1, 0.15) is 38.5 Å². The maximum absolute atomic E-state index is 3.56. The van der Waals surface area contributed by atoms with E-state index in [9.17, 15) is 0 Å². The smallest absolute Gasteiger partial charge is 0.0107 e. The largest absolute Gasteiger partial charge is 0.315 e. The Hall–Kier alpha value is -0.340. The van der Waals surface area contributed by atoms with E-state index in [-0.39, 0.29) is 0 Å². The Bertz CT molecular complexity index is 205. The van der Waals surface area contributed by atoms with Gasteiger partial charge in [-0.25, -0.2) is 0 Å². The van der Waals surface area contributed by atoms with Crippen molar-refractivity contribution in [1.29, 1.82) is 0 Å². The summed E-state index contributed by atoms with van der Waals surface area (Å²) in [7, 11) is 0. The first-order chi connectivity index (χ1) is 7.45. The summed E-state index contributed by atoms with van der Waals surface area (Å²) >= 11 is 0. The van der Waals surface area contributed by atoms with Crippen LogP contribution in [-0.2, 0) is 0 Å². The average Bonchev–Trinajstić information content (AvgIpc) is 2.88. The quantitative estimate of drug-likeness (QED) is 0.531. The van der Waals surface area contributed by atoms with Crippen molar-refractivity contribution in [3.8, 4) is 0 Å². The average molecular weight is 208 g/mol. The summed E-state index contributed by atoms with van der Waals surface area (Å²) in [4.78, 5) is 2.57. The van der Waals surface area contributed by atoms with Gasteiger partial charge in [-0.1, -0.05) is 11.6 Å². The molecule has 0 unspecified atom stereocenters. The van der Waals surface area contributed by atoms with Crippen LogP contribution in [-0.4, -0.2) is 37.6 Å². The van der Waals surface area contributed by atoms with Gasteiger partial charge in [0.1, 0.15) is 0 Å². The van der Waals surface area contributed by atoms with Crippen LogP contribution in [0.5, 0.6) is 0 Å². The third-order valence-corrected chi connectivity index (χ3v) is 3.56. The Morgan fingerprint density at radius 1 is 1.13 bits per heavy atom. The highest BCUT2D eigenvalue weighted by atomic mass is 15.1. The molecule has 15 heavy (non-hydrogen) atoms. The minimum atomic E-state index is 1.17. The van der Waals surface area contributed by atoms with Crippen molar-refractivity contribution < 1.29 is 0 Å². The van der Waals surface area contributed by atoms with Gasteiger partial charge in [0.05, 0.1) is 0 Å². The van der Waals surface area contributed by atoms with Gasteiger partial charge in [-0.2, -0.15) is 0 Å². The SMILES string of the molecule is C1=C(CCNCCN2CCCC2)CCC1. The third-order valence-electron chi connectivity index (χ3n) is 3.56. The standard InChI is InChI=1S/C13H24N2/c1-2-6-13(5-1)7-8-14-9-12-15-10-3-4-11-15/h5,14H,1-4,6-12H2. The number of rotatable bonds is 6. The molecule has 1 aliphatic carbocycles. The molecule has 0 aromatic heterocycles. The summed E-state index contributed by atoms with van der Waals surface area (Å²) in [5.41, 5.74) is 1.68. The van der Waals surface area contributed by atoms with E-state index < -0.39 is 0 Å². The fraction of sp³-hybridized carbons (Fsp3) is 0.846. The molecular weight excluding hydrogens is 184 g/mol. The summed E-state index contributed by atoms with van der Waals surface area (Å²) in [5, 5.41) is 3.56. The van der Waals surface area contributed by atoms with Gasteiger partial charge in [0.25, 0.3) is 0 Å². The molecule has 0 radical (unpaired) electrons. The fourth-order valence-corrected chi connectivity index (χ4v) is 2.58. The first-order valence-electron chi connectivity index (χ1n) is 6.56. The molecule has 0 aromatic rings. The van der Waals surface area contributed by atoms with Gasteiger partial charge in [0.15, 0.2) is 0 Å². The number of hydrogen-bond acceptors (Lipinski definition) is 2. The molecule has 2 heteroatoms. The Morgan fingerprint density at radius 2 is 2.00 bits per heavy atom. The number of allylic oxidation sites excluding steroid dienone is 1. The molecule has 2 aliphatic rings. The van der Waals surface area contributed by atoms with E-state index in [1.165, 1.54) is 71.2 Å². The molecule has 1 N–H and O–H groups in total. The van der Waals surface area contributed by atoms with Crippen molar-refractivity contribution in [3.05, 3.63) is 11.6 Å². The predicted octanol–water partition coefficient (Wildman–Crippen LogP) is 2.17. The van der Waals surface area contributed by atoms with Crippen LogP contribution in [0.15, 0.2) is 11.6 Å². The van der Waals surface area contributed by atoms with Crippen LogP contribution in [0, 0.1) is 0 Å². The van der Waals surface area contributed by atoms with Crippen molar-refractivity contribution in [2.24, 2.45) is 0 Å². The van der Waals surface area contributed by atoms with Gasteiger partial charge in [-0.15, -0.1) is 0 Å². The molecule has 1 fully saturated rings. The fourth-order valence-electron chi connectivity index (χ4n) is 2.58. The number of nitrogens with one attached hydrogen (secondary N) is 1. The second-order valence-corrected chi connectivity index (χ2v) is 4.80. The monoisotopic (exact) mass is 208 g/mol. The molecule has 2 nitrogen and oxygen atoms in total. The molecule has 0 atom stereocenters. The highest BCUT2D eigenvalue weighted by Gasteiger charge is 2.10. The number of likely N-dealkylation sites (tertiary alicyclic amines) is 1. The van der Waals surface area contributed by atoms with Crippen molar-refractivity contribution in [1.82, 2.24) is 10.2 Å². The lowest BCUT2D eigenvalue weighted by atomic mass is 10.2. The molecule has 1 aliphatic heterocycles. The van der Waals surface area contributed by atoms with Crippen LogP contribution in [0.2, 0.25) is 0 Å². The van der Waals surface area contributed by atoms with Gasteiger partial charge >= 0.3 is 0 Å². The first-order valence-corrected chi connectivity index (χ1v) is 6.56. The van der Waals surface area contributed by atoms with Crippen molar-refractivity contribution in [2.45, 2.75) is 38.5 Å². The van der Waals surface area contributed by atoms with E-state index in [2.05, 4.69) is 16.3 Å². The summed E-state index contributed by atoms with van der Waals surface area (Å²) in [6.07, 6.45) is 10.6. The highest BCUT2D eigenvalue weighted by Crippen LogP contribution is 2.19. The molecule has 1 saturated heterocycles. The van der Waals surface area contributed by atoms with Gasteiger partial charge in [0.2, 0.25) is 0 Å². The molecule has 1 heterocycles. The topological polar surface area (TPSA) is 15.3 Å². The van der Waals surface area contributed by atoms with Crippen molar-refractivity contribution >= 4 is 0 Å². The molecule has 86 valence electrons. The molecule has 0 bridgehead atoms. The zero-order valence-electron chi connectivity index (χ0n) is 9.80. The Balaban J connectivity index is 1.44. The normalized spacial score (nSPS) is 22.3. The summed E-state index contributed by atoms with van der Waals surface area (Å²) in [6.45, 7) is 6.26. The Kier molecular flexibility index (Phi) is 4.68.